The highest BCUT2D eigenvalue weighted by Crippen LogP contribution is 2.42. The summed E-state index contributed by atoms with van der Waals surface area (Å²) in [5.41, 5.74) is 0.505. The first-order chi connectivity index (χ1) is 9.79. The Morgan fingerprint density at radius 1 is 1.29 bits per heavy atom. The molecule has 3 rings (SSSR count). The molecule has 2 aliphatic heterocycles. The maximum atomic E-state index is 12.4. The van der Waals surface area contributed by atoms with Crippen molar-refractivity contribution in [3.05, 3.63) is 28.8 Å². The van der Waals surface area contributed by atoms with Gasteiger partial charge in [-0.25, -0.2) is 0 Å². The largest absolute Gasteiger partial charge is 0.486 e. The Balaban J connectivity index is 1.69. The molecule has 1 amide bonds. The molecule has 2 aliphatic rings. The first-order valence-electron chi connectivity index (χ1n) is 6.63. The fraction of sp³-hybridized carbons (Fsp3) is 0.500. The number of likely N-dealkylation sites (tertiary alicyclic amines) is 1. The van der Waals surface area contributed by atoms with Crippen molar-refractivity contribution in [2.45, 2.75) is 31.0 Å². The third-order valence-corrected chi connectivity index (χ3v) is 4.31. The molecular weight excluding hydrogens is 307 g/mol. The number of nitrogens with zero attached hydrogens (tertiary/aromatic N) is 1. The molecular formula is C14H13ClF3NO2. The molecule has 0 N–H and O–H groups in total. The van der Waals surface area contributed by atoms with Crippen molar-refractivity contribution >= 4 is 17.5 Å². The predicted octanol–water partition coefficient (Wildman–Crippen LogP) is 3.20. The van der Waals surface area contributed by atoms with Gasteiger partial charge < -0.3 is 9.64 Å². The normalized spacial score (nSPS) is 20.3. The molecule has 2 heterocycles. The first-order valence-corrected chi connectivity index (χ1v) is 7.00. The molecule has 0 aliphatic carbocycles. The summed E-state index contributed by atoms with van der Waals surface area (Å²) in [6, 6.07) is 5.36. The Bertz CT molecular complexity index is 580. The molecule has 0 saturated carbocycles. The standard InChI is InChI=1S/C14H13ClF3NO2/c15-10-2-1-9-8-13(21-11(9)7-10)3-5-19(6-4-13)12(20)14(16,17)18/h1-2,7H,3-6,8H2. The fourth-order valence-corrected chi connectivity index (χ4v) is 3.12. The number of halogens is 4. The van der Waals surface area contributed by atoms with Gasteiger partial charge in [0.2, 0.25) is 0 Å². The van der Waals surface area contributed by atoms with Crippen molar-refractivity contribution < 1.29 is 22.7 Å². The number of rotatable bonds is 0. The van der Waals surface area contributed by atoms with Crippen molar-refractivity contribution in [3.8, 4) is 5.75 Å². The predicted molar refractivity (Wildman–Crippen MR) is 70.4 cm³/mol. The second kappa shape index (κ2) is 4.80. The minimum atomic E-state index is -4.81. The van der Waals surface area contributed by atoms with Gasteiger partial charge in [0.15, 0.2) is 0 Å². The monoisotopic (exact) mass is 319 g/mol. The van der Waals surface area contributed by atoms with Gasteiger partial charge in [-0.3, -0.25) is 4.79 Å². The molecule has 0 unspecified atom stereocenters. The van der Waals surface area contributed by atoms with Crippen LogP contribution < -0.4 is 4.74 Å². The van der Waals surface area contributed by atoms with Crippen LogP contribution in [0.2, 0.25) is 5.02 Å². The van der Waals surface area contributed by atoms with E-state index in [1.807, 2.05) is 6.07 Å². The summed E-state index contributed by atoms with van der Waals surface area (Å²) in [6.45, 7) is 0.111. The maximum Gasteiger partial charge on any atom is 0.471 e. The Hall–Kier alpha value is -1.43. The van der Waals surface area contributed by atoms with Crippen LogP contribution in [0.15, 0.2) is 18.2 Å². The molecule has 0 radical (unpaired) electrons. The lowest BCUT2D eigenvalue weighted by molar-refractivity contribution is -0.188. The van der Waals surface area contributed by atoms with E-state index in [4.69, 9.17) is 16.3 Å². The van der Waals surface area contributed by atoms with Gasteiger partial charge in [0.05, 0.1) is 0 Å². The van der Waals surface area contributed by atoms with Crippen LogP contribution >= 0.6 is 11.6 Å². The lowest BCUT2D eigenvalue weighted by atomic mass is 9.87. The van der Waals surface area contributed by atoms with Crippen LogP contribution in [0.5, 0.6) is 5.75 Å². The van der Waals surface area contributed by atoms with Crippen LogP contribution in [0.25, 0.3) is 0 Å². The van der Waals surface area contributed by atoms with Gasteiger partial charge in [0, 0.05) is 37.4 Å². The van der Waals surface area contributed by atoms with E-state index in [1.165, 1.54) is 0 Å². The lowest BCUT2D eigenvalue weighted by Gasteiger charge is -2.38. The molecule has 3 nitrogen and oxygen atoms in total. The topological polar surface area (TPSA) is 29.5 Å². The van der Waals surface area contributed by atoms with Gasteiger partial charge in [-0.1, -0.05) is 17.7 Å². The molecule has 1 saturated heterocycles. The van der Waals surface area contributed by atoms with Crippen molar-refractivity contribution in [1.82, 2.24) is 4.90 Å². The first kappa shape index (κ1) is 14.5. The van der Waals surface area contributed by atoms with Crippen LogP contribution in [0, 0.1) is 0 Å². The number of hydrogen-bond acceptors (Lipinski definition) is 2. The zero-order valence-electron chi connectivity index (χ0n) is 11.0. The van der Waals surface area contributed by atoms with Gasteiger partial charge in [0.25, 0.3) is 0 Å². The third kappa shape index (κ3) is 2.69. The quantitative estimate of drug-likeness (QED) is 0.735. The summed E-state index contributed by atoms with van der Waals surface area (Å²) in [4.78, 5) is 12.1. The van der Waals surface area contributed by atoms with Gasteiger partial charge in [-0.15, -0.1) is 0 Å². The zero-order chi connectivity index (χ0) is 15.3. The van der Waals surface area contributed by atoms with Crippen molar-refractivity contribution in [3.63, 3.8) is 0 Å². The number of carbonyl (C=O) groups is 1. The van der Waals surface area contributed by atoms with E-state index in [1.54, 1.807) is 12.1 Å². The number of fused-ring (bicyclic) bond motifs is 1. The van der Waals surface area contributed by atoms with Crippen LogP contribution in [-0.4, -0.2) is 35.7 Å². The summed E-state index contributed by atoms with van der Waals surface area (Å²) in [7, 11) is 0. The van der Waals surface area contributed by atoms with Gasteiger partial charge in [-0.2, -0.15) is 13.2 Å². The number of ether oxygens (including phenoxy) is 1. The molecule has 0 bridgehead atoms. The fourth-order valence-electron chi connectivity index (χ4n) is 2.96. The van der Waals surface area contributed by atoms with E-state index >= 15 is 0 Å². The SMILES string of the molecule is O=C(N1CCC2(CC1)Cc1ccc(Cl)cc1O2)C(F)(F)F. The Labute approximate surface area is 124 Å². The molecule has 1 aromatic carbocycles. The number of benzene rings is 1. The summed E-state index contributed by atoms with van der Waals surface area (Å²) in [5, 5.41) is 0.565. The zero-order valence-corrected chi connectivity index (χ0v) is 11.8. The lowest BCUT2D eigenvalue weighted by Crippen LogP contribution is -2.52. The summed E-state index contributed by atoms with van der Waals surface area (Å²) in [6.07, 6.45) is -3.38. The highest BCUT2D eigenvalue weighted by Gasteiger charge is 2.48. The number of alkyl halides is 3. The number of hydrogen-bond donors (Lipinski definition) is 0. The smallest absolute Gasteiger partial charge is 0.471 e. The maximum absolute atomic E-state index is 12.4. The van der Waals surface area contributed by atoms with E-state index in [0.717, 1.165) is 10.5 Å². The van der Waals surface area contributed by atoms with Crippen LogP contribution in [0.1, 0.15) is 18.4 Å². The Morgan fingerprint density at radius 2 is 1.95 bits per heavy atom. The van der Waals surface area contributed by atoms with Crippen molar-refractivity contribution in [2.24, 2.45) is 0 Å². The molecule has 0 aromatic heterocycles. The summed E-state index contributed by atoms with van der Waals surface area (Å²) in [5.74, 6) is -1.07. The van der Waals surface area contributed by atoms with Crippen molar-refractivity contribution in [2.75, 3.05) is 13.1 Å². The molecule has 114 valence electrons. The molecule has 1 spiro atoms. The average Bonchev–Trinajstić information content (AvgIpc) is 2.75. The van der Waals surface area contributed by atoms with Crippen LogP contribution in [0.4, 0.5) is 13.2 Å². The van der Waals surface area contributed by atoms with Crippen LogP contribution in [0.3, 0.4) is 0 Å². The number of carbonyl (C=O) groups excluding carboxylic acids is 1. The Morgan fingerprint density at radius 3 is 2.57 bits per heavy atom. The van der Waals surface area contributed by atoms with E-state index in [9.17, 15) is 18.0 Å². The van der Waals surface area contributed by atoms with Crippen LogP contribution in [-0.2, 0) is 11.2 Å². The van der Waals surface area contributed by atoms with E-state index in [-0.39, 0.29) is 13.1 Å². The highest BCUT2D eigenvalue weighted by atomic mass is 35.5. The van der Waals surface area contributed by atoms with E-state index in [2.05, 4.69) is 0 Å². The number of piperidine rings is 1. The molecule has 1 fully saturated rings. The highest BCUT2D eigenvalue weighted by molar-refractivity contribution is 6.30. The molecule has 0 atom stereocenters. The van der Waals surface area contributed by atoms with E-state index in [0.29, 0.717) is 30.0 Å². The Kier molecular flexibility index (Phi) is 3.31. The second-order valence-corrected chi connectivity index (χ2v) is 5.94. The summed E-state index contributed by atoms with van der Waals surface area (Å²) >= 11 is 5.91. The van der Waals surface area contributed by atoms with Gasteiger partial charge in [-0.05, 0) is 17.7 Å². The summed E-state index contributed by atoms with van der Waals surface area (Å²) < 4.78 is 43.2. The van der Waals surface area contributed by atoms with E-state index < -0.39 is 17.7 Å². The number of amides is 1. The van der Waals surface area contributed by atoms with Gasteiger partial charge >= 0.3 is 12.1 Å². The third-order valence-electron chi connectivity index (χ3n) is 4.07. The molecule has 1 aromatic rings. The second-order valence-electron chi connectivity index (χ2n) is 5.50. The minimum Gasteiger partial charge on any atom is -0.486 e. The average molecular weight is 320 g/mol. The molecule has 7 heteroatoms. The molecule has 21 heavy (non-hydrogen) atoms. The minimum absolute atomic E-state index is 0.0556. The van der Waals surface area contributed by atoms with Crippen molar-refractivity contribution in [1.29, 1.82) is 0 Å². The van der Waals surface area contributed by atoms with Gasteiger partial charge in [0.1, 0.15) is 11.4 Å².